The summed E-state index contributed by atoms with van der Waals surface area (Å²) in [5, 5.41) is 47.9. The van der Waals surface area contributed by atoms with Gasteiger partial charge in [-0.15, -0.1) is 5.10 Å². The van der Waals surface area contributed by atoms with Crippen molar-refractivity contribution in [2.45, 2.75) is 154 Å². The SMILES string of the molecule is C[C@H]1CCC2[C@@H](C)C3C(CC4C5CC=C6C[C@@H](OCCCn7cc(CO[C@@H]8O[C@H](CO)[C@H](O)[C@H](O)[C@H]8O)nn7)CC[C@]6(C)C5CC[C@@]43C)N2C1. The average molecular weight is 699 g/mol. The fourth-order valence-electron chi connectivity index (χ4n) is 12.9. The number of aliphatic hydroxyl groups is 4. The highest BCUT2D eigenvalue weighted by molar-refractivity contribution is 5.27. The molecule has 0 amide bonds. The van der Waals surface area contributed by atoms with Crippen LogP contribution in [0.4, 0.5) is 0 Å². The Labute approximate surface area is 297 Å². The van der Waals surface area contributed by atoms with Gasteiger partial charge in [-0.25, -0.2) is 0 Å². The molecule has 7 aliphatic rings. The van der Waals surface area contributed by atoms with E-state index in [1.54, 1.807) is 16.5 Å². The number of allylic oxidation sites excluding steroid dienone is 1. The van der Waals surface area contributed by atoms with E-state index >= 15 is 0 Å². The summed E-state index contributed by atoms with van der Waals surface area (Å²) in [4.78, 5) is 3.01. The van der Waals surface area contributed by atoms with Crippen LogP contribution in [-0.4, -0.2) is 109 Å². The Kier molecular flexibility index (Phi) is 9.79. The molecule has 16 atom stereocenters. The standard InChI is InChI=1S/C39H62N4O7/c1-22-6-9-30-23(2)33-31(43(30)18-22)17-29-27-8-7-24-16-26(10-12-38(24,3)28(27)11-13-39(29,33)4)48-15-5-14-42-19-25(40-41-42)21-49-37-36(47)35(46)34(45)32(20-44)50-37/h7,19,22-23,26-37,44-47H,5-6,8-18,20-21H2,1-4H3/t22-,23+,26-,27?,28?,29?,30?,31?,32+,33?,34-,35-,36+,37+,38-,39-/m0/s1. The molecule has 0 aromatic carbocycles. The Hall–Kier alpha value is -1.44. The van der Waals surface area contributed by atoms with E-state index in [1.807, 2.05) is 0 Å². The Balaban J connectivity index is 0.817. The molecule has 280 valence electrons. The molecule has 6 unspecified atom stereocenters. The van der Waals surface area contributed by atoms with Crippen molar-refractivity contribution in [2.24, 2.45) is 46.3 Å². The summed E-state index contributed by atoms with van der Waals surface area (Å²) in [6, 6.07) is 1.66. The predicted octanol–water partition coefficient (Wildman–Crippen LogP) is 3.68. The van der Waals surface area contributed by atoms with Crippen molar-refractivity contribution < 1.29 is 34.6 Å². The molecule has 0 radical (unpaired) electrons. The van der Waals surface area contributed by atoms with Gasteiger partial charge in [-0.05, 0) is 111 Å². The van der Waals surface area contributed by atoms with Crippen LogP contribution in [0.3, 0.4) is 0 Å². The van der Waals surface area contributed by atoms with Crippen LogP contribution in [0.5, 0.6) is 0 Å². The van der Waals surface area contributed by atoms with Crippen LogP contribution in [0.1, 0.15) is 97.6 Å². The van der Waals surface area contributed by atoms with Gasteiger partial charge in [0.15, 0.2) is 6.29 Å². The summed E-state index contributed by atoms with van der Waals surface area (Å²) in [6.45, 7) is 12.6. The molecule has 50 heavy (non-hydrogen) atoms. The third-order valence-corrected chi connectivity index (χ3v) is 15.4. The summed E-state index contributed by atoms with van der Waals surface area (Å²) in [5.74, 6) is 5.12. The maximum atomic E-state index is 10.2. The van der Waals surface area contributed by atoms with Gasteiger partial charge >= 0.3 is 0 Å². The van der Waals surface area contributed by atoms with Crippen LogP contribution in [0.2, 0.25) is 0 Å². The fraction of sp³-hybridized carbons (Fsp3) is 0.897. The number of ether oxygens (including phenoxy) is 3. The van der Waals surface area contributed by atoms with Crippen molar-refractivity contribution in [3.8, 4) is 0 Å². The molecule has 4 aliphatic carbocycles. The van der Waals surface area contributed by atoms with Gasteiger partial charge in [0.25, 0.3) is 0 Å². The summed E-state index contributed by atoms with van der Waals surface area (Å²) >= 11 is 0. The average Bonchev–Trinajstić information content (AvgIpc) is 3.77. The second-order valence-corrected chi connectivity index (χ2v) is 18.0. The molecule has 0 bridgehead atoms. The molecule has 8 rings (SSSR count). The topological polar surface area (TPSA) is 143 Å². The lowest BCUT2D eigenvalue weighted by molar-refractivity contribution is -0.304. The van der Waals surface area contributed by atoms with Crippen molar-refractivity contribution in [2.75, 3.05) is 19.8 Å². The molecular weight excluding hydrogens is 636 g/mol. The lowest BCUT2D eigenvalue weighted by atomic mass is 9.47. The highest BCUT2D eigenvalue weighted by Crippen LogP contribution is 2.70. The van der Waals surface area contributed by atoms with Crippen LogP contribution in [0.15, 0.2) is 17.8 Å². The lowest BCUT2D eigenvalue weighted by Crippen LogP contribution is -2.59. The monoisotopic (exact) mass is 698 g/mol. The van der Waals surface area contributed by atoms with Gasteiger partial charge in [0.05, 0.1) is 25.5 Å². The first-order chi connectivity index (χ1) is 24.0. The number of hydrogen-bond acceptors (Lipinski definition) is 10. The van der Waals surface area contributed by atoms with Crippen LogP contribution >= 0.6 is 0 Å². The molecule has 3 saturated heterocycles. The summed E-state index contributed by atoms with van der Waals surface area (Å²) in [7, 11) is 0. The second kappa shape index (κ2) is 13.8. The highest BCUT2D eigenvalue weighted by atomic mass is 16.7. The van der Waals surface area contributed by atoms with E-state index in [2.05, 4.69) is 49.0 Å². The van der Waals surface area contributed by atoms with Crippen molar-refractivity contribution in [3.63, 3.8) is 0 Å². The van der Waals surface area contributed by atoms with Crippen molar-refractivity contribution >= 4 is 0 Å². The number of aromatic nitrogens is 3. The number of aryl methyl sites for hydroxylation is 1. The normalized spacial score (nSPS) is 48.7. The molecule has 4 heterocycles. The van der Waals surface area contributed by atoms with Crippen molar-refractivity contribution in [1.82, 2.24) is 19.9 Å². The molecular formula is C39H62N4O7. The molecule has 11 heteroatoms. The summed E-state index contributed by atoms with van der Waals surface area (Å²) in [6.07, 6.45) is 10.9. The van der Waals surface area contributed by atoms with Gasteiger partial charge in [0, 0.05) is 31.8 Å². The van der Waals surface area contributed by atoms with Crippen molar-refractivity contribution in [3.05, 3.63) is 23.5 Å². The zero-order valence-corrected chi connectivity index (χ0v) is 30.6. The van der Waals surface area contributed by atoms with Gasteiger partial charge < -0.3 is 34.6 Å². The van der Waals surface area contributed by atoms with E-state index in [4.69, 9.17) is 14.2 Å². The minimum absolute atomic E-state index is 0.00938. The van der Waals surface area contributed by atoms with E-state index in [1.165, 1.54) is 51.5 Å². The maximum absolute atomic E-state index is 10.2. The molecule has 11 nitrogen and oxygen atoms in total. The maximum Gasteiger partial charge on any atom is 0.187 e. The largest absolute Gasteiger partial charge is 0.394 e. The molecule has 3 aliphatic heterocycles. The van der Waals surface area contributed by atoms with E-state index in [9.17, 15) is 20.4 Å². The summed E-state index contributed by atoms with van der Waals surface area (Å²) < 4.78 is 19.3. The minimum Gasteiger partial charge on any atom is -0.394 e. The van der Waals surface area contributed by atoms with Crippen LogP contribution < -0.4 is 0 Å². The fourth-order valence-corrected chi connectivity index (χ4v) is 12.9. The highest BCUT2D eigenvalue weighted by Gasteiger charge is 2.66. The van der Waals surface area contributed by atoms with Crippen LogP contribution in [0.25, 0.3) is 0 Å². The smallest absolute Gasteiger partial charge is 0.187 e. The third kappa shape index (κ3) is 5.94. The minimum atomic E-state index is -1.47. The van der Waals surface area contributed by atoms with E-state index < -0.39 is 37.3 Å². The number of hydrogen-bond donors (Lipinski definition) is 4. The number of piperidine rings is 1. The number of rotatable bonds is 9. The first-order valence-electron chi connectivity index (χ1n) is 19.9. The number of fused-ring (bicyclic) bond motifs is 9. The van der Waals surface area contributed by atoms with Crippen LogP contribution in [0, 0.1) is 46.3 Å². The number of aliphatic hydroxyl groups excluding tert-OH is 4. The Morgan fingerprint density at radius 2 is 1.82 bits per heavy atom. The van der Waals surface area contributed by atoms with E-state index in [0.29, 0.717) is 29.7 Å². The molecule has 3 saturated carbocycles. The Morgan fingerprint density at radius 1 is 0.980 bits per heavy atom. The van der Waals surface area contributed by atoms with E-state index in [0.717, 1.165) is 66.9 Å². The molecule has 4 N–H and O–H groups in total. The van der Waals surface area contributed by atoms with Gasteiger partial charge in [0.1, 0.15) is 30.1 Å². The molecule has 1 aromatic rings. The molecule has 0 spiro atoms. The van der Waals surface area contributed by atoms with Gasteiger partial charge in [-0.3, -0.25) is 9.58 Å². The predicted molar refractivity (Wildman–Crippen MR) is 185 cm³/mol. The van der Waals surface area contributed by atoms with Crippen molar-refractivity contribution in [1.29, 1.82) is 0 Å². The van der Waals surface area contributed by atoms with E-state index in [-0.39, 0.29) is 12.7 Å². The lowest BCUT2D eigenvalue weighted by Gasteiger charge is -2.58. The molecule has 6 fully saturated rings. The zero-order valence-electron chi connectivity index (χ0n) is 30.6. The third-order valence-electron chi connectivity index (χ3n) is 15.4. The Morgan fingerprint density at radius 3 is 2.64 bits per heavy atom. The second-order valence-electron chi connectivity index (χ2n) is 18.0. The quantitative estimate of drug-likeness (QED) is 0.223. The molecule has 1 aromatic heterocycles. The Bertz CT molecular complexity index is 1390. The van der Waals surface area contributed by atoms with Gasteiger partial charge in [-0.2, -0.15) is 0 Å². The first kappa shape index (κ1) is 35.6. The van der Waals surface area contributed by atoms with Crippen LogP contribution in [-0.2, 0) is 27.4 Å². The number of nitrogens with zero attached hydrogens (tertiary/aromatic N) is 4. The van der Waals surface area contributed by atoms with Gasteiger partial charge in [0.2, 0.25) is 0 Å². The summed E-state index contributed by atoms with van der Waals surface area (Å²) in [5.41, 5.74) is 3.07. The zero-order chi connectivity index (χ0) is 34.9. The van der Waals surface area contributed by atoms with Gasteiger partial charge in [-0.1, -0.05) is 44.6 Å². The first-order valence-corrected chi connectivity index (χ1v) is 19.9.